The second-order valence-electron chi connectivity index (χ2n) is 6.44. The topological polar surface area (TPSA) is 76.8 Å². The normalized spacial score (nSPS) is 19.6. The van der Waals surface area contributed by atoms with E-state index in [0.717, 1.165) is 17.4 Å². The number of hydrogen-bond acceptors (Lipinski definition) is 5. The zero-order valence-electron chi connectivity index (χ0n) is 14.2. The first-order valence-electron chi connectivity index (χ1n) is 8.37. The number of rotatable bonds is 2. The van der Waals surface area contributed by atoms with E-state index in [2.05, 4.69) is 0 Å². The first kappa shape index (κ1) is 16.8. The average Bonchev–Trinajstić information content (AvgIpc) is 2.63. The number of anilines is 1. The van der Waals surface area contributed by atoms with Crippen LogP contribution in [0.1, 0.15) is 12.8 Å². The monoisotopic (exact) mass is 336 g/mol. The van der Waals surface area contributed by atoms with Crippen molar-refractivity contribution in [3.05, 3.63) is 26.9 Å². The first-order valence-corrected chi connectivity index (χ1v) is 8.37. The third-order valence-corrected chi connectivity index (χ3v) is 4.99. The predicted octanol–water partition coefficient (Wildman–Crippen LogP) is -0.841. The van der Waals surface area contributed by atoms with Crippen molar-refractivity contribution >= 4 is 11.7 Å². The van der Waals surface area contributed by atoms with Crippen LogP contribution < -0.4 is 16.1 Å². The fourth-order valence-electron chi connectivity index (χ4n) is 3.42. The van der Waals surface area contributed by atoms with Gasteiger partial charge in [0.25, 0.3) is 5.56 Å². The minimum atomic E-state index is -0.330. The number of aromatic nitrogens is 2. The molecule has 0 aromatic carbocycles. The van der Waals surface area contributed by atoms with Gasteiger partial charge in [0, 0.05) is 52.3 Å². The number of carbonyl (C=O) groups is 1. The largest absolute Gasteiger partial charge is 0.378 e. The lowest BCUT2D eigenvalue weighted by Crippen LogP contribution is -2.48. The number of piperidine rings is 1. The van der Waals surface area contributed by atoms with Crippen molar-refractivity contribution < 1.29 is 9.53 Å². The van der Waals surface area contributed by atoms with Crippen LogP contribution in [0, 0.1) is 5.92 Å². The van der Waals surface area contributed by atoms with Crippen molar-refractivity contribution in [2.24, 2.45) is 20.0 Å². The van der Waals surface area contributed by atoms with Crippen LogP contribution in [-0.4, -0.2) is 59.3 Å². The maximum atomic E-state index is 12.6. The molecule has 0 atom stereocenters. The highest BCUT2D eigenvalue weighted by Crippen LogP contribution is 2.23. The van der Waals surface area contributed by atoms with E-state index in [0.29, 0.717) is 45.2 Å². The average molecular weight is 336 g/mol. The summed E-state index contributed by atoms with van der Waals surface area (Å²) in [5, 5.41) is 0. The Kier molecular flexibility index (Phi) is 4.75. The van der Waals surface area contributed by atoms with Crippen LogP contribution >= 0.6 is 0 Å². The van der Waals surface area contributed by atoms with Crippen LogP contribution in [0.5, 0.6) is 0 Å². The quantitative estimate of drug-likeness (QED) is 0.704. The van der Waals surface area contributed by atoms with E-state index in [1.54, 1.807) is 7.05 Å². The highest BCUT2D eigenvalue weighted by Gasteiger charge is 2.30. The molecule has 8 heteroatoms. The zero-order chi connectivity index (χ0) is 17.3. The third kappa shape index (κ3) is 3.10. The maximum Gasteiger partial charge on any atom is 0.332 e. The van der Waals surface area contributed by atoms with Gasteiger partial charge in [0.15, 0.2) is 0 Å². The lowest BCUT2D eigenvalue weighted by molar-refractivity contribution is -0.140. The van der Waals surface area contributed by atoms with Gasteiger partial charge in [0.1, 0.15) is 5.82 Å². The predicted molar refractivity (Wildman–Crippen MR) is 89.3 cm³/mol. The molecule has 3 heterocycles. The molecule has 0 saturated carbocycles. The lowest BCUT2D eigenvalue weighted by atomic mass is 9.95. The van der Waals surface area contributed by atoms with E-state index in [-0.39, 0.29) is 23.1 Å². The molecule has 1 aromatic rings. The molecule has 0 bridgehead atoms. The molecule has 132 valence electrons. The summed E-state index contributed by atoms with van der Waals surface area (Å²) >= 11 is 0. The Balaban J connectivity index is 1.68. The lowest BCUT2D eigenvalue weighted by Gasteiger charge is -2.36. The van der Waals surface area contributed by atoms with Gasteiger partial charge >= 0.3 is 5.69 Å². The van der Waals surface area contributed by atoms with Gasteiger partial charge in [-0.25, -0.2) is 4.79 Å². The Hall–Kier alpha value is -2.09. The Morgan fingerprint density at radius 1 is 1.04 bits per heavy atom. The van der Waals surface area contributed by atoms with E-state index < -0.39 is 0 Å². The van der Waals surface area contributed by atoms with Crippen LogP contribution in [0.2, 0.25) is 0 Å². The molecule has 24 heavy (non-hydrogen) atoms. The highest BCUT2D eigenvalue weighted by molar-refractivity contribution is 5.79. The van der Waals surface area contributed by atoms with E-state index in [1.165, 1.54) is 17.7 Å². The highest BCUT2D eigenvalue weighted by atomic mass is 16.5. The molecule has 1 amide bonds. The maximum absolute atomic E-state index is 12.6. The Morgan fingerprint density at radius 3 is 2.29 bits per heavy atom. The summed E-state index contributed by atoms with van der Waals surface area (Å²) in [7, 11) is 3.14. The summed E-state index contributed by atoms with van der Waals surface area (Å²) in [5.74, 6) is 0.846. The van der Waals surface area contributed by atoms with Crippen LogP contribution in [0.4, 0.5) is 5.82 Å². The van der Waals surface area contributed by atoms with Gasteiger partial charge in [-0.3, -0.25) is 18.7 Å². The summed E-state index contributed by atoms with van der Waals surface area (Å²) in [5.41, 5.74) is -0.636. The Labute approximate surface area is 140 Å². The summed E-state index contributed by atoms with van der Waals surface area (Å²) in [6.45, 7) is 3.90. The van der Waals surface area contributed by atoms with Crippen LogP contribution in [0.3, 0.4) is 0 Å². The number of ether oxygens (including phenoxy) is 1. The molecule has 0 spiro atoms. The number of morpholine rings is 1. The smallest absolute Gasteiger partial charge is 0.332 e. The molecule has 0 unspecified atom stereocenters. The molecular weight excluding hydrogens is 312 g/mol. The van der Waals surface area contributed by atoms with Crippen LogP contribution in [0.15, 0.2) is 15.7 Å². The molecule has 0 aliphatic carbocycles. The van der Waals surface area contributed by atoms with Gasteiger partial charge in [-0.1, -0.05) is 0 Å². The summed E-state index contributed by atoms with van der Waals surface area (Å²) in [4.78, 5) is 40.4. The van der Waals surface area contributed by atoms with Crippen LogP contribution in [0.25, 0.3) is 0 Å². The van der Waals surface area contributed by atoms with Gasteiger partial charge in [-0.05, 0) is 12.8 Å². The molecule has 2 saturated heterocycles. The van der Waals surface area contributed by atoms with Crippen molar-refractivity contribution in [2.45, 2.75) is 12.8 Å². The first-order chi connectivity index (χ1) is 11.5. The van der Waals surface area contributed by atoms with Crippen molar-refractivity contribution in [1.82, 2.24) is 14.0 Å². The van der Waals surface area contributed by atoms with Gasteiger partial charge in [-0.15, -0.1) is 0 Å². The van der Waals surface area contributed by atoms with Crippen LogP contribution in [-0.2, 0) is 23.6 Å². The fraction of sp³-hybridized carbons (Fsp3) is 0.688. The Morgan fingerprint density at radius 2 is 1.67 bits per heavy atom. The van der Waals surface area contributed by atoms with Gasteiger partial charge in [0.05, 0.1) is 13.2 Å². The summed E-state index contributed by atoms with van der Waals surface area (Å²) < 4.78 is 7.88. The number of amides is 1. The van der Waals surface area contributed by atoms with Crippen molar-refractivity contribution in [3.8, 4) is 0 Å². The number of hydrogen-bond donors (Lipinski definition) is 0. The Bertz CT molecular complexity index is 725. The van der Waals surface area contributed by atoms with E-state index in [1.807, 2.05) is 9.80 Å². The molecule has 0 N–H and O–H groups in total. The summed E-state index contributed by atoms with van der Waals surface area (Å²) in [6, 6.07) is 1.49. The molecule has 0 radical (unpaired) electrons. The molecule has 1 aromatic heterocycles. The van der Waals surface area contributed by atoms with Crippen molar-refractivity contribution in [3.63, 3.8) is 0 Å². The standard InChI is InChI=1S/C16H24N4O4/c1-17-13(11-14(21)18(2)16(17)23)19-5-3-12(4-6-19)15(22)20-7-9-24-10-8-20/h11-12H,3-10H2,1-2H3. The fourth-order valence-corrected chi connectivity index (χ4v) is 3.42. The van der Waals surface area contributed by atoms with Gasteiger partial charge in [0.2, 0.25) is 5.91 Å². The van der Waals surface area contributed by atoms with E-state index >= 15 is 0 Å². The number of carbonyl (C=O) groups excluding carboxylic acids is 1. The molecule has 2 aliphatic heterocycles. The third-order valence-electron chi connectivity index (χ3n) is 4.99. The zero-order valence-corrected chi connectivity index (χ0v) is 14.2. The molecular formula is C16H24N4O4. The second kappa shape index (κ2) is 6.80. The van der Waals surface area contributed by atoms with Gasteiger partial charge < -0.3 is 14.5 Å². The number of nitrogens with zero attached hydrogens (tertiary/aromatic N) is 4. The summed E-state index contributed by atoms with van der Waals surface area (Å²) in [6.07, 6.45) is 1.47. The minimum absolute atomic E-state index is 0.0166. The van der Waals surface area contributed by atoms with E-state index in [9.17, 15) is 14.4 Å². The minimum Gasteiger partial charge on any atom is -0.378 e. The molecule has 2 fully saturated rings. The van der Waals surface area contributed by atoms with Gasteiger partial charge in [-0.2, -0.15) is 0 Å². The van der Waals surface area contributed by atoms with Crippen molar-refractivity contribution in [2.75, 3.05) is 44.3 Å². The second-order valence-corrected chi connectivity index (χ2v) is 6.44. The SMILES string of the molecule is Cn1c(N2CCC(C(=O)N3CCOCC3)CC2)cc(=O)n(C)c1=O. The van der Waals surface area contributed by atoms with Crippen molar-refractivity contribution in [1.29, 1.82) is 0 Å². The molecule has 8 nitrogen and oxygen atoms in total. The molecule has 3 rings (SSSR count). The molecule has 2 aliphatic rings. The van der Waals surface area contributed by atoms with E-state index in [4.69, 9.17) is 4.74 Å².